The SMILES string of the molecule is ClB(c1cccc(Cl)c1)c1cccc(Cl)c1. The van der Waals surface area contributed by atoms with E-state index in [1.807, 2.05) is 48.5 Å². The van der Waals surface area contributed by atoms with Gasteiger partial charge >= 0.3 is 6.13 Å². The highest BCUT2D eigenvalue weighted by Gasteiger charge is 2.16. The van der Waals surface area contributed by atoms with Gasteiger partial charge in [0, 0.05) is 10.0 Å². The lowest BCUT2D eigenvalue weighted by molar-refractivity contribution is 1.74. The van der Waals surface area contributed by atoms with E-state index in [-0.39, 0.29) is 6.13 Å². The van der Waals surface area contributed by atoms with E-state index < -0.39 is 0 Å². The summed E-state index contributed by atoms with van der Waals surface area (Å²) < 4.78 is 0. The van der Waals surface area contributed by atoms with E-state index in [4.69, 9.17) is 34.7 Å². The molecule has 2 rings (SSSR count). The van der Waals surface area contributed by atoms with Gasteiger partial charge in [-0.15, -0.1) is 0 Å². The molecule has 0 aromatic heterocycles. The van der Waals surface area contributed by atoms with Crippen LogP contribution in [-0.4, -0.2) is 6.13 Å². The molecular weight excluding hydrogens is 261 g/mol. The van der Waals surface area contributed by atoms with Gasteiger partial charge in [-0.3, -0.25) is 0 Å². The van der Waals surface area contributed by atoms with Crippen molar-refractivity contribution in [1.82, 2.24) is 0 Å². The van der Waals surface area contributed by atoms with E-state index in [1.54, 1.807) is 0 Å². The molecule has 0 amide bonds. The van der Waals surface area contributed by atoms with Crippen molar-refractivity contribution >= 4 is 51.7 Å². The molecule has 2 aromatic rings. The van der Waals surface area contributed by atoms with Crippen LogP contribution in [0, 0.1) is 0 Å². The van der Waals surface area contributed by atoms with Gasteiger partial charge in [0.05, 0.1) is 0 Å². The number of hydrogen-bond acceptors (Lipinski definition) is 0. The quantitative estimate of drug-likeness (QED) is 0.734. The Kier molecular flexibility index (Phi) is 3.80. The van der Waals surface area contributed by atoms with Crippen LogP contribution in [0.4, 0.5) is 0 Å². The molecule has 0 bridgehead atoms. The van der Waals surface area contributed by atoms with Crippen molar-refractivity contribution in [2.24, 2.45) is 0 Å². The van der Waals surface area contributed by atoms with Gasteiger partial charge in [-0.1, -0.05) is 58.4 Å². The number of halogens is 3. The minimum atomic E-state index is -0.225. The molecule has 2 aromatic carbocycles. The fourth-order valence-electron chi connectivity index (χ4n) is 1.52. The van der Waals surface area contributed by atoms with Crippen LogP contribution < -0.4 is 10.9 Å². The molecule has 0 radical (unpaired) electrons. The Morgan fingerprint density at radius 3 is 1.56 bits per heavy atom. The van der Waals surface area contributed by atoms with Crippen LogP contribution in [0.2, 0.25) is 10.0 Å². The van der Waals surface area contributed by atoms with Crippen molar-refractivity contribution in [3.63, 3.8) is 0 Å². The second-order valence-corrected chi connectivity index (χ2v) is 4.78. The smallest absolute Gasteiger partial charge is 0.182 e. The molecule has 0 N–H and O–H groups in total. The summed E-state index contributed by atoms with van der Waals surface area (Å²) in [5.41, 5.74) is 1.94. The average molecular weight is 269 g/mol. The van der Waals surface area contributed by atoms with Gasteiger partial charge in [-0.25, -0.2) is 0 Å². The topological polar surface area (TPSA) is 0 Å². The zero-order chi connectivity index (χ0) is 11.5. The number of rotatable bonds is 2. The van der Waals surface area contributed by atoms with Crippen molar-refractivity contribution in [3.8, 4) is 0 Å². The third kappa shape index (κ3) is 2.73. The van der Waals surface area contributed by atoms with Crippen LogP contribution in [0.25, 0.3) is 0 Å². The van der Waals surface area contributed by atoms with Gasteiger partial charge in [0.2, 0.25) is 0 Å². The van der Waals surface area contributed by atoms with Crippen molar-refractivity contribution in [3.05, 3.63) is 58.6 Å². The van der Waals surface area contributed by atoms with E-state index in [9.17, 15) is 0 Å². The molecular formula is C12H8BCl3. The fraction of sp³-hybridized carbons (Fsp3) is 0. The first-order valence-corrected chi connectivity index (χ1v) is 6.01. The summed E-state index contributed by atoms with van der Waals surface area (Å²) >= 11 is 18.2. The van der Waals surface area contributed by atoms with Crippen LogP contribution in [0.1, 0.15) is 0 Å². The third-order valence-electron chi connectivity index (χ3n) is 2.28. The van der Waals surface area contributed by atoms with E-state index in [0.29, 0.717) is 10.0 Å². The molecule has 0 atom stereocenters. The largest absolute Gasteiger partial charge is 0.315 e. The molecule has 0 fully saturated rings. The summed E-state index contributed by atoms with van der Waals surface area (Å²) in [4.78, 5) is 0. The summed E-state index contributed by atoms with van der Waals surface area (Å²) in [6.07, 6.45) is -0.225. The van der Waals surface area contributed by atoms with Crippen molar-refractivity contribution in [2.45, 2.75) is 0 Å². The maximum atomic E-state index is 6.36. The van der Waals surface area contributed by atoms with E-state index in [1.165, 1.54) is 0 Å². The van der Waals surface area contributed by atoms with Gasteiger partial charge < -0.3 is 0 Å². The normalized spacial score (nSPS) is 10.2. The first kappa shape index (κ1) is 11.8. The van der Waals surface area contributed by atoms with Crippen molar-refractivity contribution in [1.29, 1.82) is 0 Å². The predicted molar refractivity (Wildman–Crippen MR) is 73.8 cm³/mol. The zero-order valence-corrected chi connectivity index (χ0v) is 10.6. The molecule has 4 heteroatoms. The Bertz CT molecular complexity index is 454. The highest BCUT2D eigenvalue weighted by atomic mass is 35.5. The molecule has 0 spiro atoms. The van der Waals surface area contributed by atoms with E-state index in [0.717, 1.165) is 10.9 Å². The standard InChI is InChI=1S/C12H8BCl3/c14-11-5-1-3-9(7-11)13(16)10-4-2-6-12(15)8-10/h1-8H. The second kappa shape index (κ2) is 5.14. The number of hydrogen-bond donors (Lipinski definition) is 0. The van der Waals surface area contributed by atoms with Crippen LogP contribution in [0.15, 0.2) is 48.5 Å². The van der Waals surface area contributed by atoms with Gasteiger partial charge in [0.15, 0.2) is 0 Å². The lowest BCUT2D eigenvalue weighted by atomic mass is 9.62. The second-order valence-electron chi connectivity index (χ2n) is 3.47. The summed E-state index contributed by atoms with van der Waals surface area (Å²) in [5, 5.41) is 1.37. The van der Waals surface area contributed by atoms with Crippen LogP contribution in [0.5, 0.6) is 0 Å². The van der Waals surface area contributed by atoms with Crippen molar-refractivity contribution in [2.75, 3.05) is 0 Å². The first-order chi connectivity index (χ1) is 7.66. The molecule has 0 unspecified atom stereocenters. The van der Waals surface area contributed by atoms with Gasteiger partial charge in [0.1, 0.15) is 0 Å². The predicted octanol–water partition coefficient (Wildman–Crippen LogP) is 3.34. The molecule has 16 heavy (non-hydrogen) atoms. The fourth-order valence-corrected chi connectivity index (χ4v) is 2.19. The van der Waals surface area contributed by atoms with Gasteiger partial charge in [-0.05, 0) is 24.3 Å². The highest BCUT2D eigenvalue weighted by Crippen LogP contribution is 2.08. The van der Waals surface area contributed by atoms with Gasteiger partial charge in [0.25, 0.3) is 0 Å². The van der Waals surface area contributed by atoms with E-state index in [2.05, 4.69) is 0 Å². The minimum absolute atomic E-state index is 0.225. The van der Waals surface area contributed by atoms with E-state index >= 15 is 0 Å². The Morgan fingerprint density at radius 1 is 0.750 bits per heavy atom. The van der Waals surface area contributed by atoms with Gasteiger partial charge in [-0.2, -0.15) is 11.5 Å². The summed E-state index contributed by atoms with van der Waals surface area (Å²) in [5.74, 6) is 0. The molecule has 0 aliphatic heterocycles. The Hall–Kier alpha value is -0.625. The maximum absolute atomic E-state index is 6.36. The maximum Gasteiger partial charge on any atom is 0.315 e. The monoisotopic (exact) mass is 268 g/mol. The molecule has 0 aliphatic carbocycles. The minimum Gasteiger partial charge on any atom is -0.182 e. The molecule has 80 valence electrons. The first-order valence-electron chi connectivity index (χ1n) is 4.82. The van der Waals surface area contributed by atoms with Crippen LogP contribution in [-0.2, 0) is 0 Å². The Balaban J connectivity index is 2.35. The average Bonchev–Trinajstić information content (AvgIpc) is 2.28. The van der Waals surface area contributed by atoms with Crippen LogP contribution >= 0.6 is 34.7 Å². The number of benzene rings is 2. The summed E-state index contributed by atoms with van der Waals surface area (Å²) in [6, 6.07) is 15.0. The lowest BCUT2D eigenvalue weighted by Gasteiger charge is -2.07. The molecule has 0 heterocycles. The molecule has 0 aliphatic rings. The summed E-state index contributed by atoms with van der Waals surface area (Å²) in [6.45, 7) is 0. The highest BCUT2D eigenvalue weighted by molar-refractivity contribution is 7.21. The molecule has 0 saturated heterocycles. The van der Waals surface area contributed by atoms with Crippen molar-refractivity contribution < 1.29 is 0 Å². The Morgan fingerprint density at radius 2 is 1.19 bits per heavy atom. The molecule has 0 nitrogen and oxygen atoms in total. The zero-order valence-electron chi connectivity index (χ0n) is 8.33. The summed E-state index contributed by atoms with van der Waals surface area (Å²) in [7, 11) is 0. The Labute approximate surface area is 110 Å². The van der Waals surface area contributed by atoms with Crippen LogP contribution in [0.3, 0.4) is 0 Å². The molecule has 0 saturated carbocycles. The third-order valence-corrected chi connectivity index (χ3v) is 3.26. The lowest BCUT2D eigenvalue weighted by Crippen LogP contribution is -2.36.